The molecule has 0 amide bonds. The van der Waals surface area contributed by atoms with Crippen LogP contribution < -0.4 is 5.32 Å². The van der Waals surface area contributed by atoms with Gasteiger partial charge in [0.2, 0.25) is 0 Å². The molecule has 1 unspecified atom stereocenters. The molecule has 2 rings (SSSR count). The lowest BCUT2D eigenvalue weighted by molar-refractivity contribution is 0.359. The van der Waals surface area contributed by atoms with Crippen LogP contribution in [0.3, 0.4) is 0 Å². The highest BCUT2D eigenvalue weighted by Gasteiger charge is 2.31. The zero-order valence-electron chi connectivity index (χ0n) is 9.52. The standard InChI is InChI=1S/C13H17BrFN/c1-2-13(6-3-7-16-13)9-10-4-5-11(14)12(15)8-10/h4-5,8,16H,2-3,6-7,9H2,1H3. The predicted molar refractivity (Wildman–Crippen MR) is 68.1 cm³/mol. The van der Waals surface area contributed by atoms with Crippen LogP contribution in [0.15, 0.2) is 22.7 Å². The van der Waals surface area contributed by atoms with E-state index in [-0.39, 0.29) is 11.4 Å². The number of hydrogen-bond acceptors (Lipinski definition) is 1. The van der Waals surface area contributed by atoms with Crippen LogP contribution in [0.2, 0.25) is 0 Å². The maximum atomic E-state index is 13.4. The molecule has 0 aromatic heterocycles. The van der Waals surface area contributed by atoms with E-state index in [1.165, 1.54) is 12.8 Å². The van der Waals surface area contributed by atoms with Gasteiger partial charge in [-0.2, -0.15) is 0 Å². The number of hydrogen-bond donors (Lipinski definition) is 1. The summed E-state index contributed by atoms with van der Waals surface area (Å²) in [4.78, 5) is 0. The van der Waals surface area contributed by atoms with Crippen LogP contribution in [0.5, 0.6) is 0 Å². The second-order valence-electron chi connectivity index (χ2n) is 4.59. The van der Waals surface area contributed by atoms with Gasteiger partial charge in [-0.05, 0) is 65.9 Å². The van der Waals surface area contributed by atoms with Crippen LogP contribution in [-0.2, 0) is 6.42 Å². The molecule has 1 aliphatic heterocycles. The molecule has 1 atom stereocenters. The van der Waals surface area contributed by atoms with Crippen molar-refractivity contribution in [2.75, 3.05) is 6.54 Å². The minimum absolute atomic E-state index is 0.165. The lowest BCUT2D eigenvalue weighted by atomic mass is 9.87. The van der Waals surface area contributed by atoms with Crippen molar-refractivity contribution in [2.45, 2.75) is 38.1 Å². The van der Waals surface area contributed by atoms with Crippen LogP contribution in [-0.4, -0.2) is 12.1 Å². The first-order chi connectivity index (χ1) is 7.65. The van der Waals surface area contributed by atoms with Crippen molar-refractivity contribution in [1.29, 1.82) is 0 Å². The molecular weight excluding hydrogens is 269 g/mol. The number of benzene rings is 1. The number of rotatable bonds is 3. The van der Waals surface area contributed by atoms with Gasteiger partial charge < -0.3 is 5.32 Å². The smallest absolute Gasteiger partial charge is 0.137 e. The summed E-state index contributed by atoms with van der Waals surface area (Å²) in [6, 6.07) is 5.44. The van der Waals surface area contributed by atoms with Crippen LogP contribution in [0.25, 0.3) is 0 Å². The van der Waals surface area contributed by atoms with E-state index in [1.807, 2.05) is 6.07 Å². The Morgan fingerprint density at radius 3 is 2.88 bits per heavy atom. The molecule has 0 radical (unpaired) electrons. The Balaban J connectivity index is 2.16. The maximum Gasteiger partial charge on any atom is 0.137 e. The molecule has 0 bridgehead atoms. The first-order valence-electron chi connectivity index (χ1n) is 5.84. The SMILES string of the molecule is CCC1(Cc2ccc(Br)c(F)c2)CCCN1. The fraction of sp³-hybridized carbons (Fsp3) is 0.538. The lowest BCUT2D eigenvalue weighted by Gasteiger charge is -2.28. The van der Waals surface area contributed by atoms with Crippen LogP contribution >= 0.6 is 15.9 Å². The molecule has 0 aliphatic carbocycles. The topological polar surface area (TPSA) is 12.0 Å². The van der Waals surface area contributed by atoms with Gasteiger partial charge in [0.25, 0.3) is 0 Å². The van der Waals surface area contributed by atoms with Gasteiger partial charge in [0.1, 0.15) is 5.82 Å². The Bertz CT molecular complexity index is 372. The predicted octanol–water partition coefficient (Wildman–Crippen LogP) is 3.66. The van der Waals surface area contributed by atoms with Crippen LogP contribution in [0.4, 0.5) is 4.39 Å². The van der Waals surface area contributed by atoms with Gasteiger partial charge in [-0.15, -0.1) is 0 Å². The Morgan fingerprint density at radius 1 is 1.50 bits per heavy atom. The van der Waals surface area contributed by atoms with E-state index < -0.39 is 0 Å². The van der Waals surface area contributed by atoms with Gasteiger partial charge in [-0.25, -0.2) is 4.39 Å². The molecule has 88 valence electrons. The van der Waals surface area contributed by atoms with Crippen molar-refractivity contribution in [3.05, 3.63) is 34.1 Å². The molecule has 1 N–H and O–H groups in total. The molecule has 3 heteroatoms. The van der Waals surface area contributed by atoms with E-state index >= 15 is 0 Å². The van der Waals surface area contributed by atoms with Gasteiger partial charge in [0, 0.05) is 5.54 Å². The highest BCUT2D eigenvalue weighted by Crippen LogP contribution is 2.28. The average molecular weight is 286 g/mol. The molecule has 0 spiro atoms. The van der Waals surface area contributed by atoms with Crippen molar-refractivity contribution in [2.24, 2.45) is 0 Å². The molecule has 1 aliphatic rings. The summed E-state index contributed by atoms with van der Waals surface area (Å²) in [6.07, 6.45) is 4.45. The molecule has 0 saturated carbocycles. The summed E-state index contributed by atoms with van der Waals surface area (Å²) in [7, 11) is 0. The summed E-state index contributed by atoms with van der Waals surface area (Å²) in [5.41, 5.74) is 1.28. The Labute approximate surface area is 105 Å². The van der Waals surface area contributed by atoms with Crippen molar-refractivity contribution < 1.29 is 4.39 Å². The van der Waals surface area contributed by atoms with Crippen molar-refractivity contribution >= 4 is 15.9 Å². The Hall–Kier alpha value is -0.410. The van der Waals surface area contributed by atoms with E-state index in [1.54, 1.807) is 12.1 Å². The number of halogens is 2. The van der Waals surface area contributed by atoms with Crippen LogP contribution in [0, 0.1) is 5.82 Å². The zero-order chi connectivity index (χ0) is 11.6. The summed E-state index contributed by atoms with van der Waals surface area (Å²) in [5.74, 6) is -0.165. The van der Waals surface area contributed by atoms with Gasteiger partial charge in [-0.3, -0.25) is 0 Å². The molecule has 1 aromatic rings. The monoisotopic (exact) mass is 285 g/mol. The molecule has 1 heterocycles. The van der Waals surface area contributed by atoms with Crippen LogP contribution in [0.1, 0.15) is 31.7 Å². The molecular formula is C13H17BrFN. The van der Waals surface area contributed by atoms with Crippen molar-refractivity contribution in [3.63, 3.8) is 0 Å². The van der Waals surface area contributed by atoms with E-state index in [2.05, 4.69) is 28.2 Å². The molecule has 1 aromatic carbocycles. The Morgan fingerprint density at radius 2 is 2.31 bits per heavy atom. The van der Waals surface area contributed by atoms with E-state index in [0.29, 0.717) is 4.47 Å². The molecule has 1 nitrogen and oxygen atoms in total. The normalized spacial score (nSPS) is 24.9. The Kier molecular flexibility index (Phi) is 3.65. The second kappa shape index (κ2) is 4.84. The largest absolute Gasteiger partial charge is 0.311 e. The van der Waals surface area contributed by atoms with Gasteiger partial charge in [-0.1, -0.05) is 13.0 Å². The third kappa shape index (κ3) is 2.46. The van der Waals surface area contributed by atoms with E-state index in [0.717, 1.165) is 24.9 Å². The fourth-order valence-corrected chi connectivity index (χ4v) is 2.73. The summed E-state index contributed by atoms with van der Waals surface area (Å²) in [6.45, 7) is 3.29. The summed E-state index contributed by atoms with van der Waals surface area (Å²) >= 11 is 3.18. The fourth-order valence-electron chi connectivity index (χ4n) is 2.49. The minimum Gasteiger partial charge on any atom is -0.311 e. The second-order valence-corrected chi connectivity index (χ2v) is 5.44. The highest BCUT2D eigenvalue weighted by molar-refractivity contribution is 9.10. The zero-order valence-corrected chi connectivity index (χ0v) is 11.1. The highest BCUT2D eigenvalue weighted by atomic mass is 79.9. The van der Waals surface area contributed by atoms with Gasteiger partial charge in [0.15, 0.2) is 0 Å². The molecule has 1 fully saturated rings. The van der Waals surface area contributed by atoms with E-state index in [9.17, 15) is 4.39 Å². The minimum atomic E-state index is -0.165. The third-order valence-electron chi connectivity index (χ3n) is 3.54. The van der Waals surface area contributed by atoms with E-state index in [4.69, 9.17) is 0 Å². The quantitative estimate of drug-likeness (QED) is 0.894. The van der Waals surface area contributed by atoms with Crippen molar-refractivity contribution in [1.82, 2.24) is 5.32 Å². The summed E-state index contributed by atoms with van der Waals surface area (Å²) in [5, 5.41) is 3.57. The van der Waals surface area contributed by atoms with Gasteiger partial charge in [0.05, 0.1) is 4.47 Å². The summed E-state index contributed by atoms with van der Waals surface area (Å²) < 4.78 is 14.0. The lowest BCUT2D eigenvalue weighted by Crippen LogP contribution is -2.41. The van der Waals surface area contributed by atoms with Crippen molar-refractivity contribution in [3.8, 4) is 0 Å². The number of nitrogens with one attached hydrogen (secondary N) is 1. The van der Waals surface area contributed by atoms with Gasteiger partial charge >= 0.3 is 0 Å². The maximum absolute atomic E-state index is 13.4. The first-order valence-corrected chi connectivity index (χ1v) is 6.63. The third-order valence-corrected chi connectivity index (χ3v) is 4.18. The molecule has 1 saturated heterocycles. The first kappa shape index (κ1) is 12.1. The average Bonchev–Trinajstić information content (AvgIpc) is 2.73. The molecule has 16 heavy (non-hydrogen) atoms.